The molecule has 0 unspecified atom stereocenters. The lowest BCUT2D eigenvalue weighted by Gasteiger charge is -2.17. The molecule has 0 atom stereocenters. The molecule has 0 aliphatic heterocycles. The fourth-order valence-corrected chi connectivity index (χ4v) is 1.81. The number of methoxy groups -OCH3 is 1. The van der Waals surface area contributed by atoms with Gasteiger partial charge in [-0.3, -0.25) is 0 Å². The third-order valence-corrected chi connectivity index (χ3v) is 3.17. The minimum absolute atomic E-state index is 0.333. The summed E-state index contributed by atoms with van der Waals surface area (Å²) in [6.07, 6.45) is 0. The maximum Gasteiger partial charge on any atom is 0.118 e. The highest BCUT2D eigenvalue weighted by Crippen LogP contribution is 2.27. The van der Waals surface area contributed by atoms with Crippen LogP contribution in [0.2, 0.25) is 0 Å². The molecule has 0 fully saturated rings. The number of hydrogen-bond donors (Lipinski definition) is 0. The lowest BCUT2D eigenvalue weighted by Crippen LogP contribution is -2.07. The highest BCUT2D eigenvalue weighted by molar-refractivity contribution is 7.99. The summed E-state index contributed by atoms with van der Waals surface area (Å²) >= 11 is 1.96. The molecule has 78 valence electrons. The molecule has 1 nitrogen and oxygen atoms in total. The molecule has 0 saturated carbocycles. The number of ether oxygens (including phenoxy) is 1. The Kier molecular flexibility index (Phi) is 3.87. The van der Waals surface area contributed by atoms with Crippen molar-refractivity contribution in [2.45, 2.75) is 31.3 Å². The average molecular weight is 210 g/mol. The fraction of sp³-hybridized carbons (Fsp3) is 0.500. The second-order valence-corrected chi connectivity index (χ2v) is 6.05. The van der Waals surface area contributed by atoms with Crippen LogP contribution in [0.1, 0.15) is 26.3 Å². The molecule has 0 bridgehead atoms. The molecule has 1 aromatic rings. The van der Waals surface area contributed by atoms with Crippen LogP contribution in [0, 0.1) is 0 Å². The first-order valence-corrected chi connectivity index (χ1v) is 5.77. The molecule has 1 rings (SSSR count). The summed E-state index contributed by atoms with van der Waals surface area (Å²) in [5.41, 5.74) is 1.35. The Labute approximate surface area is 90.9 Å². The van der Waals surface area contributed by atoms with E-state index in [0.29, 0.717) is 4.75 Å². The second-order valence-electron chi connectivity index (χ2n) is 4.25. The Hall–Kier alpha value is -0.630. The van der Waals surface area contributed by atoms with Gasteiger partial charge in [0.1, 0.15) is 5.75 Å². The van der Waals surface area contributed by atoms with E-state index < -0.39 is 0 Å². The van der Waals surface area contributed by atoms with Crippen molar-refractivity contribution in [3.8, 4) is 5.75 Å². The fourth-order valence-electron chi connectivity index (χ4n) is 1.02. The standard InChI is InChI=1S/C12H18OS/c1-12(2,3)14-9-10-5-7-11(13-4)8-6-10/h5-8H,9H2,1-4H3. The number of rotatable bonds is 3. The van der Waals surface area contributed by atoms with Gasteiger partial charge in [-0.2, -0.15) is 11.8 Å². The van der Waals surface area contributed by atoms with Crippen molar-refractivity contribution in [1.82, 2.24) is 0 Å². The molecule has 0 aromatic heterocycles. The SMILES string of the molecule is COc1ccc(CSC(C)(C)C)cc1. The smallest absolute Gasteiger partial charge is 0.118 e. The van der Waals surface area contributed by atoms with Gasteiger partial charge in [0.25, 0.3) is 0 Å². The molecule has 0 N–H and O–H groups in total. The third-order valence-electron chi connectivity index (χ3n) is 1.83. The van der Waals surface area contributed by atoms with Crippen molar-refractivity contribution in [3.63, 3.8) is 0 Å². The lowest BCUT2D eigenvalue weighted by molar-refractivity contribution is 0.414. The molecule has 0 radical (unpaired) electrons. The summed E-state index contributed by atoms with van der Waals surface area (Å²) in [7, 11) is 1.69. The van der Waals surface area contributed by atoms with E-state index in [1.807, 2.05) is 23.9 Å². The average Bonchev–Trinajstić information content (AvgIpc) is 2.14. The summed E-state index contributed by atoms with van der Waals surface area (Å²) < 4.78 is 5.44. The minimum atomic E-state index is 0.333. The van der Waals surface area contributed by atoms with Crippen LogP contribution in [-0.2, 0) is 5.75 Å². The summed E-state index contributed by atoms with van der Waals surface area (Å²) in [5, 5.41) is 0. The van der Waals surface area contributed by atoms with E-state index in [1.54, 1.807) is 7.11 Å². The van der Waals surface area contributed by atoms with Gasteiger partial charge in [-0.05, 0) is 17.7 Å². The second kappa shape index (κ2) is 4.74. The highest BCUT2D eigenvalue weighted by atomic mass is 32.2. The van der Waals surface area contributed by atoms with Gasteiger partial charge in [0.15, 0.2) is 0 Å². The topological polar surface area (TPSA) is 9.23 Å². The van der Waals surface area contributed by atoms with E-state index in [2.05, 4.69) is 32.9 Å². The monoisotopic (exact) mass is 210 g/mol. The maximum atomic E-state index is 5.11. The Balaban J connectivity index is 2.52. The quantitative estimate of drug-likeness (QED) is 0.752. The predicted molar refractivity (Wildman–Crippen MR) is 64.0 cm³/mol. The first-order chi connectivity index (χ1) is 6.51. The van der Waals surface area contributed by atoms with Crippen LogP contribution < -0.4 is 4.74 Å². The van der Waals surface area contributed by atoms with Crippen molar-refractivity contribution in [2.24, 2.45) is 0 Å². The van der Waals surface area contributed by atoms with Crippen molar-refractivity contribution in [2.75, 3.05) is 7.11 Å². The zero-order valence-electron chi connectivity index (χ0n) is 9.33. The number of thioether (sulfide) groups is 1. The van der Waals surface area contributed by atoms with E-state index in [4.69, 9.17) is 4.74 Å². The van der Waals surface area contributed by atoms with E-state index in [1.165, 1.54) is 5.56 Å². The molecule has 14 heavy (non-hydrogen) atoms. The molecular formula is C12H18OS. The first kappa shape index (κ1) is 11.4. The Bertz CT molecular complexity index is 271. The van der Waals surface area contributed by atoms with Gasteiger partial charge >= 0.3 is 0 Å². The largest absolute Gasteiger partial charge is 0.497 e. The molecule has 0 spiro atoms. The molecule has 0 aliphatic carbocycles. The molecule has 0 aliphatic rings. The molecule has 1 aromatic carbocycles. The highest BCUT2D eigenvalue weighted by Gasteiger charge is 2.10. The van der Waals surface area contributed by atoms with Gasteiger partial charge in [0.2, 0.25) is 0 Å². The van der Waals surface area contributed by atoms with Crippen LogP contribution in [0.25, 0.3) is 0 Å². The van der Waals surface area contributed by atoms with E-state index in [9.17, 15) is 0 Å². The summed E-state index contributed by atoms with van der Waals surface area (Å²) in [6.45, 7) is 6.71. The first-order valence-electron chi connectivity index (χ1n) is 4.78. The summed E-state index contributed by atoms with van der Waals surface area (Å²) in [5.74, 6) is 1.99. The van der Waals surface area contributed by atoms with Gasteiger partial charge < -0.3 is 4.74 Å². The minimum Gasteiger partial charge on any atom is -0.497 e. The summed E-state index contributed by atoms with van der Waals surface area (Å²) in [4.78, 5) is 0. The Morgan fingerprint density at radius 3 is 2.14 bits per heavy atom. The normalized spacial score (nSPS) is 11.4. The van der Waals surface area contributed by atoms with E-state index in [0.717, 1.165) is 11.5 Å². The van der Waals surface area contributed by atoms with Crippen LogP contribution in [0.5, 0.6) is 5.75 Å². The molecule has 2 heteroatoms. The van der Waals surface area contributed by atoms with Gasteiger partial charge in [-0.1, -0.05) is 32.9 Å². The number of hydrogen-bond acceptors (Lipinski definition) is 2. The van der Waals surface area contributed by atoms with Gasteiger partial charge in [0, 0.05) is 10.5 Å². The number of benzene rings is 1. The maximum absolute atomic E-state index is 5.11. The van der Waals surface area contributed by atoms with Crippen LogP contribution in [0.3, 0.4) is 0 Å². The lowest BCUT2D eigenvalue weighted by atomic mass is 10.2. The van der Waals surface area contributed by atoms with Crippen LogP contribution >= 0.6 is 11.8 Å². The van der Waals surface area contributed by atoms with E-state index in [-0.39, 0.29) is 0 Å². The Morgan fingerprint density at radius 1 is 1.14 bits per heavy atom. The van der Waals surface area contributed by atoms with Crippen LogP contribution in [-0.4, -0.2) is 11.9 Å². The third kappa shape index (κ3) is 4.05. The van der Waals surface area contributed by atoms with Gasteiger partial charge in [-0.15, -0.1) is 0 Å². The Morgan fingerprint density at radius 2 is 1.71 bits per heavy atom. The molecule has 0 heterocycles. The molecule has 0 saturated heterocycles. The van der Waals surface area contributed by atoms with Crippen molar-refractivity contribution in [1.29, 1.82) is 0 Å². The molecule has 0 amide bonds. The van der Waals surface area contributed by atoms with Crippen molar-refractivity contribution in [3.05, 3.63) is 29.8 Å². The summed E-state index contributed by atoms with van der Waals surface area (Å²) in [6, 6.07) is 8.27. The van der Waals surface area contributed by atoms with Gasteiger partial charge in [0.05, 0.1) is 7.11 Å². The van der Waals surface area contributed by atoms with Crippen molar-refractivity contribution < 1.29 is 4.74 Å². The zero-order valence-corrected chi connectivity index (χ0v) is 10.1. The zero-order chi connectivity index (χ0) is 10.6. The predicted octanol–water partition coefficient (Wildman–Crippen LogP) is 3.73. The van der Waals surface area contributed by atoms with E-state index >= 15 is 0 Å². The van der Waals surface area contributed by atoms with Crippen LogP contribution in [0.4, 0.5) is 0 Å². The van der Waals surface area contributed by atoms with Gasteiger partial charge in [-0.25, -0.2) is 0 Å². The van der Waals surface area contributed by atoms with Crippen LogP contribution in [0.15, 0.2) is 24.3 Å². The van der Waals surface area contributed by atoms with Crippen molar-refractivity contribution >= 4 is 11.8 Å². The molecular weight excluding hydrogens is 192 g/mol.